The summed E-state index contributed by atoms with van der Waals surface area (Å²) in [5.41, 5.74) is 0.858. The highest BCUT2D eigenvalue weighted by molar-refractivity contribution is 7.13. The molecule has 0 bridgehead atoms. The molecule has 3 rings (SSSR count). The molecule has 0 unspecified atom stereocenters. The number of hydrogen-bond donors (Lipinski definition) is 1. The summed E-state index contributed by atoms with van der Waals surface area (Å²) in [6.07, 6.45) is 3.36. The van der Waals surface area contributed by atoms with Crippen LogP contribution in [0.4, 0.5) is 0 Å². The fourth-order valence-electron chi connectivity index (χ4n) is 2.01. The van der Waals surface area contributed by atoms with E-state index in [1.165, 1.54) is 15.5 Å². The summed E-state index contributed by atoms with van der Waals surface area (Å²) < 4.78 is 2.37. The van der Waals surface area contributed by atoms with E-state index >= 15 is 0 Å². The van der Waals surface area contributed by atoms with Gasteiger partial charge in [0.1, 0.15) is 6.54 Å². The minimum Gasteiger partial charge on any atom is -0.350 e. The second-order valence-electron chi connectivity index (χ2n) is 4.56. The van der Waals surface area contributed by atoms with Crippen LogP contribution in [0.1, 0.15) is 5.56 Å². The van der Waals surface area contributed by atoms with E-state index in [4.69, 9.17) is 0 Å². The van der Waals surface area contributed by atoms with Crippen LogP contribution in [0.3, 0.4) is 0 Å². The van der Waals surface area contributed by atoms with Crippen LogP contribution in [0.2, 0.25) is 0 Å². The number of nitrogens with one attached hydrogen (secondary N) is 1. The highest BCUT2D eigenvalue weighted by Crippen LogP contribution is 2.15. The lowest BCUT2D eigenvalue weighted by molar-refractivity contribution is -0.121. The molecule has 3 aromatic rings. The lowest BCUT2D eigenvalue weighted by atomic mass is 10.3. The molecule has 1 amide bonds. The van der Waals surface area contributed by atoms with E-state index in [0.29, 0.717) is 11.9 Å². The summed E-state index contributed by atoms with van der Waals surface area (Å²) in [4.78, 5) is 28.0. The van der Waals surface area contributed by atoms with Crippen molar-refractivity contribution in [1.29, 1.82) is 0 Å². The Morgan fingerprint density at radius 2 is 1.95 bits per heavy atom. The van der Waals surface area contributed by atoms with E-state index in [2.05, 4.69) is 10.3 Å². The zero-order valence-corrected chi connectivity index (χ0v) is 12.0. The number of hydrogen-bond acceptors (Lipinski definition) is 4. The van der Waals surface area contributed by atoms with E-state index in [1.54, 1.807) is 18.5 Å². The first-order valence-electron chi connectivity index (χ1n) is 6.48. The first kappa shape index (κ1) is 13.5. The molecule has 0 atom stereocenters. The third kappa shape index (κ3) is 3.00. The van der Waals surface area contributed by atoms with Crippen LogP contribution < -0.4 is 10.9 Å². The van der Waals surface area contributed by atoms with Crippen LogP contribution in [-0.2, 0) is 17.9 Å². The summed E-state index contributed by atoms with van der Waals surface area (Å²) in [7, 11) is 0. The number of benzene rings is 1. The quantitative estimate of drug-likeness (QED) is 0.798. The van der Waals surface area contributed by atoms with Crippen molar-refractivity contribution in [3.05, 3.63) is 64.7 Å². The van der Waals surface area contributed by atoms with Crippen LogP contribution in [0.25, 0.3) is 10.1 Å². The zero-order valence-electron chi connectivity index (χ0n) is 11.2. The molecule has 1 aromatic carbocycles. The summed E-state index contributed by atoms with van der Waals surface area (Å²) in [6.45, 7) is 0.476. The number of rotatable bonds is 4. The van der Waals surface area contributed by atoms with E-state index in [9.17, 15) is 9.59 Å². The molecule has 5 nitrogen and oxygen atoms in total. The van der Waals surface area contributed by atoms with Gasteiger partial charge in [-0.25, -0.2) is 0 Å². The molecular weight excluding hydrogens is 286 g/mol. The van der Waals surface area contributed by atoms with Crippen LogP contribution in [0.5, 0.6) is 0 Å². The standard InChI is InChI=1S/C15H13N3O2S/c19-14(17-9-11-5-7-16-8-6-11)10-18-15(20)12-3-1-2-4-13(12)21-18/h1-8H,9-10H2,(H,17,19). The maximum Gasteiger partial charge on any atom is 0.268 e. The third-order valence-corrected chi connectivity index (χ3v) is 4.15. The molecule has 106 valence electrons. The van der Waals surface area contributed by atoms with Crippen molar-refractivity contribution in [2.75, 3.05) is 0 Å². The average molecular weight is 299 g/mol. The molecule has 0 saturated carbocycles. The SMILES string of the molecule is O=C(Cn1sc2ccccc2c1=O)NCc1ccncc1. The molecule has 0 spiro atoms. The Morgan fingerprint density at radius 1 is 1.19 bits per heavy atom. The van der Waals surface area contributed by atoms with Crippen LogP contribution >= 0.6 is 11.5 Å². The Hall–Kier alpha value is -2.47. The molecule has 2 aromatic heterocycles. The van der Waals surface area contributed by atoms with Crippen LogP contribution in [-0.4, -0.2) is 14.8 Å². The molecule has 6 heteroatoms. The van der Waals surface area contributed by atoms with Gasteiger partial charge in [-0.2, -0.15) is 0 Å². The van der Waals surface area contributed by atoms with Gasteiger partial charge in [-0.05, 0) is 29.8 Å². The van der Waals surface area contributed by atoms with E-state index < -0.39 is 0 Å². The molecule has 0 fully saturated rings. The van der Waals surface area contributed by atoms with E-state index in [1.807, 2.05) is 30.3 Å². The first-order chi connectivity index (χ1) is 10.2. The van der Waals surface area contributed by atoms with Gasteiger partial charge in [0, 0.05) is 18.9 Å². The summed E-state index contributed by atoms with van der Waals surface area (Å²) >= 11 is 1.31. The van der Waals surface area contributed by atoms with Crippen molar-refractivity contribution in [2.24, 2.45) is 0 Å². The fourth-order valence-corrected chi connectivity index (χ4v) is 3.00. The van der Waals surface area contributed by atoms with Gasteiger partial charge in [0.25, 0.3) is 5.56 Å². The Balaban J connectivity index is 1.69. The zero-order chi connectivity index (χ0) is 14.7. The maximum absolute atomic E-state index is 12.1. The molecule has 0 saturated heterocycles. The molecule has 0 radical (unpaired) electrons. The highest BCUT2D eigenvalue weighted by atomic mass is 32.1. The molecule has 0 aliphatic carbocycles. The van der Waals surface area contributed by atoms with Crippen molar-refractivity contribution >= 4 is 27.5 Å². The largest absolute Gasteiger partial charge is 0.350 e. The van der Waals surface area contributed by atoms with Crippen LogP contribution in [0, 0.1) is 0 Å². The van der Waals surface area contributed by atoms with Crippen LogP contribution in [0.15, 0.2) is 53.6 Å². The minimum atomic E-state index is -0.180. The van der Waals surface area contributed by atoms with Gasteiger partial charge in [-0.15, -0.1) is 0 Å². The van der Waals surface area contributed by atoms with Gasteiger partial charge >= 0.3 is 0 Å². The highest BCUT2D eigenvalue weighted by Gasteiger charge is 2.10. The number of fused-ring (bicyclic) bond motifs is 1. The third-order valence-electron chi connectivity index (χ3n) is 3.08. The van der Waals surface area contributed by atoms with Crippen molar-refractivity contribution in [1.82, 2.24) is 14.3 Å². The number of pyridine rings is 1. The molecule has 0 aliphatic rings. The fraction of sp³-hybridized carbons (Fsp3) is 0.133. The number of carbonyl (C=O) groups excluding carboxylic acids is 1. The summed E-state index contributed by atoms with van der Waals surface area (Å²) in [5, 5.41) is 3.46. The molecule has 0 aliphatic heterocycles. The predicted molar refractivity (Wildman–Crippen MR) is 82.2 cm³/mol. The van der Waals surface area contributed by atoms with Gasteiger partial charge in [-0.3, -0.25) is 18.5 Å². The smallest absolute Gasteiger partial charge is 0.268 e. The van der Waals surface area contributed by atoms with E-state index in [-0.39, 0.29) is 18.0 Å². The predicted octanol–water partition coefficient (Wildman–Crippen LogP) is 1.77. The van der Waals surface area contributed by atoms with Gasteiger partial charge in [0.15, 0.2) is 0 Å². The Bertz CT molecular complexity index is 824. The average Bonchev–Trinajstić information content (AvgIpc) is 2.83. The van der Waals surface area contributed by atoms with Gasteiger partial charge < -0.3 is 5.32 Å². The van der Waals surface area contributed by atoms with Crippen molar-refractivity contribution in [3.63, 3.8) is 0 Å². The first-order valence-corrected chi connectivity index (χ1v) is 7.26. The second-order valence-corrected chi connectivity index (χ2v) is 5.62. The maximum atomic E-state index is 12.1. The monoisotopic (exact) mass is 299 g/mol. The van der Waals surface area contributed by atoms with Gasteiger partial charge in [0.2, 0.25) is 5.91 Å². The Kier molecular flexibility index (Phi) is 3.79. The number of carbonyl (C=O) groups is 1. The van der Waals surface area contributed by atoms with Gasteiger partial charge in [-0.1, -0.05) is 23.7 Å². The van der Waals surface area contributed by atoms with E-state index in [0.717, 1.165) is 10.3 Å². The van der Waals surface area contributed by atoms with Gasteiger partial charge in [0.05, 0.1) is 10.1 Å². The lowest BCUT2D eigenvalue weighted by Gasteiger charge is -2.04. The Labute approximate surface area is 125 Å². The second kappa shape index (κ2) is 5.88. The minimum absolute atomic E-state index is 0.0449. The lowest BCUT2D eigenvalue weighted by Crippen LogP contribution is -2.29. The van der Waals surface area contributed by atoms with Crippen molar-refractivity contribution in [2.45, 2.75) is 13.1 Å². The summed E-state index contributed by atoms with van der Waals surface area (Å²) in [5.74, 6) is -0.180. The van der Waals surface area contributed by atoms with Crippen molar-refractivity contribution in [3.8, 4) is 0 Å². The topological polar surface area (TPSA) is 64.0 Å². The summed E-state index contributed by atoms with van der Waals surface area (Å²) in [6, 6.07) is 11.0. The number of amides is 1. The Morgan fingerprint density at radius 3 is 2.71 bits per heavy atom. The van der Waals surface area contributed by atoms with Crippen molar-refractivity contribution < 1.29 is 4.79 Å². The number of nitrogens with zero attached hydrogens (tertiary/aromatic N) is 2. The molecule has 2 heterocycles. The molecule has 1 N–H and O–H groups in total. The normalized spacial score (nSPS) is 10.7. The molecule has 21 heavy (non-hydrogen) atoms. The molecular formula is C15H13N3O2S. The number of aromatic nitrogens is 2.